The lowest BCUT2D eigenvalue weighted by Crippen LogP contribution is -2.35. The first-order valence-electron chi connectivity index (χ1n) is 8.09. The molecule has 132 valence electrons. The van der Waals surface area contributed by atoms with Crippen LogP contribution in [0.4, 0.5) is 16.2 Å². The molecule has 1 heterocycles. The van der Waals surface area contributed by atoms with E-state index in [1.807, 2.05) is 46.0 Å². The van der Waals surface area contributed by atoms with E-state index in [0.29, 0.717) is 12.2 Å². The van der Waals surface area contributed by atoms with Gasteiger partial charge >= 0.3 is 6.09 Å². The maximum absolute atomic E-state index is 11.9. The Hall–Kier alpha value is -2.37. The Bertz CT molecular complexity index is 703. The molecule has 0 fully saturated rings. The predicted molar refractivity (Wildman–Crippen MR) is 97.4 cm³/mol. The summed E-state index contributed by atoms with van der Waals surface area (Å²) in [5.74, 6) is 0. The number of amides is 1. The fraction of sp³-hybridized carbons (Fsp3) is 0.500. The topological polar surface area (TPSA) is 71.9 Å². The molecular formula is C18H27N3O3. The van der Waals surface area contributed by atoms with Crippen molar-refractivity contribution in [3.8, 4) is 0 Å². The number of hydrogen-bond acceptors (Lipinski definition) is 5. The average Bonchev–Trinajstić information content (AvgIpc) is 2.92. The van der Waals surface area contributed by atoms with Crippen molar-refractivity contribution in [3.63, 3.8) is 0 Å². The second-order valence-electron chi connectivity index (χ2n) is 7.06. The molecule has 6 heteroatoms. The van der Waals surface area contributed by atoms with Crippen LogP contribution >= 0.6 is 0 Å². The first-order valence-corrected chi connectivity index (χ1v) is 8.09. The van der Waals surface area contributed by atoms with E-state index in [4.69, 9.17) is 14.9 Å². The first kappa shape index (κ1) is 18.0. The van der Waals surface area contributed by atoms with Crippen molar-refractivity contribution in [2.24, 2.45) is 0 Å². The highest BCUT2D eigenvalue weighted by atomic mass is 16.6. The van der Waals surface area contributed by atoms with Crippen molar-refractivity contribution in [1.82, 2.24) is 4.90 Å². The summed E-state index contributed by atoms with van der Waals surface area (Å²) >= 11 is 0. The molecule has 0 aliphatic heterocycles. The van der Waals surface area contributed by atoms with Crippen LogP contribution in [0.1, 0.15) is 27.2 Å². The fourth-order valence-corrected chi connectivity index (χ4v) is 2.47. The van der Waals surface area contributed by atoms with E-state index in [9.17, 15) is 4.79 Å². The molecule has 0 aliphatic rings. The summed E-state index contributed by atoms with van der Waals surface area (Å²) in [5.41, 5.74) is 7.97. The van der Waals surface area contributed by atoms with Gasteiger partial charge in [0.1, 0.15) is 5.60 Å². The number of benzene rings is 1. The molecule has 1 aromatic carbocycles. The van der Waals surface area contributed by atoms with Gasteiger partial charge in [0.05, 0.1) is 12.0 Å². The molecule has 0 atom stereocenters. The normalized spacial score (nSPS) is 11.5. The summed E-state index contributed by atoms with van der Waals surface area (Å²) in [5, 5.41) is 0.989. The summed E-state index contributed by atoms with van der Waals surface area (Å²) in [4.78, 5) is 15.6. The van der Waals surface area contributed by atoms with Gasteiger partial charge in [-0.2, -0.15) is 0 Å². The number of ether oxygens (including phenoxy) is 1. The number of fused-ring (bicyclic) bond motifs is 1. The lowest BCUT2D eigenvalue weighted by atomic mass is 10.2. The van der Waals surface area contributed by atoms with Crippen molar-refractivity contribution in [1.29, 1.82) is 0 Å². The van der Waals surface area contributed by atoms with Crippen molar-refractivity contribution in [3.05, 3.63) is 24.5 Å². The predicted octanol–water partition coefficient (Wildman–Crippen LogP) is 3.71. The third-order valence-electron chi connectivity index (χ3n) is 3.66. The van der Waals surface area contributed by atoms with E-state index in [1.54, 1.807) is 18.2 Å². The molecule has 1 amide bonds. The molecule has 0 unspecified atom stereocenters. The molecule has 0 bridgehead atoms. The SMILES string of the molecule is CN(CCCN(C)c1cc(N)cc2ccoc12)C(=O)OC(C)(C)C. The van der Waals surface area contributed by atoms with Crippen LogP contribution in [0.15, 0.2) is 28.9 Å². The highest BCUT2D eigenvalue weighted by molar-refractivity contribution is 5.92. The molecule has 0 radical (unpaired) electrons. The number of anilines is 2. The zero-order chi connectivity index (χ0) is 17.9. The molecule has 1 aromatic heterocycles. The van der Waals surface area contributed by atoms with Gasteiger partial charge in [0.15, 0.2) is 5.58 Å². The van der Waals surface area contributed by atoms with Crippen LogP contribution in [-0.2, 0) is 4.74 Å². The minimum absolute atomic E-state index is 0.303. The third kappa shape index (κ3) is 4.57. The van der Waals surface area contributed by atoms with Crippen molar-refractivity contribution >= 4 is 28.4 Å². The number of furan rings is 1. The number of nitrogens with zero attached hydrogens (tertiary/aromatic N) is 2. The minimum Gasteiger partial charge on any atom is -0.462 e. The minimum atomic E-state index is -0.478. The second kappa shape index (κ2) is 7.03. The number of nitrogens with two attached hydrogens (primary N) is 1. The number of carbonyl (C=O) groups is 1. The van der Waals surface area contributed by atoms with E-state index in [0.717, 1.165) is 29.6 Å². The molecule has 0 aliphatic carbocycles. The van der Waals surface area contributed by atoms with Crippen LogP contribution in [0.3, 0.4) is 0 Å². The Morgan fingerprint density at radius 2 is 1.96 bits per heavy atom. The first-order chi connectivity index (χ1) is 11.2. The highest BCUT2D eigenvalue weighted by Gasteiger charge is 2.19. The van der Waals surface area contributed by atoms with E-state index >= 15 is 0 Å². The van der Waals surface area contributed by atoms with Gasteiger partial charge in [0, 0.05) is 38.3 Å². The molecule has 0 saturated carbocycles. The Labute approximate surface area is 143 Å². The van der Waals surface area contributed by atoms with Gasteiger partial charge < -0.3 is 24.7 Å². The Kier molecular flexibility index (Phi) is 5.26. The zero-order valence-corrected chi connectivity index (χ0v) is 15.1. The smallest absolute Gasteiger partial charge is 0.410 e. The van der Waals surface area contributed by atoms with Gasteiger partial charge in [-0.3, -0.25) is 0 Å². The molecule has 0 saturated heterocycles. The van der Waals surface area contributed by atoms with Crippen molar-refractivity contribution < 1.29 is 13.9 Å². The van der Waals surface area contributed by atoms with Gasteiger partial charge in [-0.15, -0.1) is 0 Å². The highest BCUT2D eigenvalue weighted by Crippen LogP contribution is 2.30. The largest absolute Gasteiger partial charge is 0.462 e. The molecule has 2 N–H and O–H groups in total. The summed E-state index contributed by atoms with van der Waals surface area (Å²) in [6, 6.07) is 5.70. The number of rotatable bonds is 5. The van der Waals surface area contributed by atoms with E-state index in [-0.39, 0.29) is 6.09 Å². The standard InChI is InChI=1S/C18H27N3O3/c1-18(2,3)24-17(22)21(5)9-6-8-20(4)15-12-14(19)11-13-7-10-23-16(13)15/h7,10-12H,6,8-9,19H2,1-5H3. The van der Waals surface area contributed by atoms with Crippen LogP contribution in [0, 0.1) is 0 Å². The molecule has 24 heavy (non-hydrogen) atoms. The number of hydrogen-bond donors (Lipinski definition) is 1. The van der Waals surface area contributed by atoms with Crippen LogP contribution in [0.2, 0.25) is 0 Å². The third-order valence-corrected chi connectivity index (χ3v) is 3.66. The lowest BCUT2D eigenvalue weighted by Gasteiger charge is -2.25. The van der Waals surface area contributed by atoms with E-state index in [2.05, 4.69) is 4.90 Å². The van der Waals surface area contributed by atoms with Gasteiger partial charge in [0.2, 0.25) is 0 Å². The molecule has 6 nitrogen and oxygen atoms in total. The van der Waals surface area contributed by atoms with Crippen LogP contribution < -0.4 is 10.6 Å². The number of nitrogen functional groups attached to an aromatic ring is 1. The Morgan fingerprint density at radius 1 is 1.25 bits per heavy atom. The van der Waals surface area contributed by atoms with Gasteiger partial charge in [-0.25, -0.2) is 4.79 Å². The molecular weight excluding hydrogens is 306 g/mol. The van der Waals surface area contributed by atoms with E-state index in [1.165, 1.54) is 0 Å². The van der Waals surface area contributed by atoms with Gasteiger partial charge in [-0.05, 0) is 45.4 Å². The summed E-state index contributed by atoms with van der Waals surface area (Å²) in [6.45, 7) is 6.97. The molecule has 0 spiro atoms. The summed E-state index contributed by atoms with van der Waals surface area (Å²) in [7, 11) is 3.74. The van der Waals surface area contributed by atoms with Crippen LogP contribution in [-0.4, -0.2) is 43.8 Å². The van der Waals surface area contributed by atoms with Crippen molar-refractivity contribution in [2.75, 3.05) is 37.8 Å². The average molecular weight is 333 g/mol. The Balaban J connectivity index is 1.92. The monoisotopic (exact) mass is 333 g/mol. The second-order valence-corrected chi connectivity index (χ2v) is 7.06. The quantitative estimate of drug-likeness (QED) is 0.845. The van der Waals surface area contributed by atoms with Crippen LogP contribution in [0.25, 0.3) is 11.0 Å². The van der Waals surface area contributed by atoms with Gasteiger partial charge in [0.25, 0.3) is 0 Å². The maximum atomic E-state index is 11.9. The maximum Gasteiger partial charge on any atom is 0.410 e. The summed E-state index contributed by atoms with van der Waals surface area (Å²) in [6.07, 6.45) is 2.17. The zero-order valence-electron chi connectivity index (χ0n) is 15.1. The van der Waals surface area contributed by atoms with Crippen LogP contribution in [0.5, 0.6) is 0 Å². The van der Waals surface area contributed by atoms with Gasteiger partial charge in [-0.1, -0.05) is 0 Å². The summed E-state index contributed by atoms with van der Waals surface area (Å²) < 4.78 is 10.9. The van der Waals surface area contributed by atoms with E-state index < -0.39 is 5.60 Å². The molecule has 2 rings (SSSR count). The Morgan fingerprint density at radius 3 is 2.62 bits per heavy atom. The molecule has 2 aromatic rings. The van der Waals surface area contributed by atoms with Crippen molar-refractivity contribution in [2.45, 2.75) is 32.8 Å². The fourth-order valence-electron chi connectivity index (χ4n) is 2.47. The number of carbonyl (C=O) groups excluding carboxylic acids is 1. The lowest BCUT2D eigenvalue weighted by molar-refractivity contribution is 0.0298.